The van der Waals surface area contributed by atoms with Gasteiger partial charge in [0, 0.05) is 29.5 Å². The summed E-state index contributed by atoms with van der Waals surface area (Å²) >= 11 is 1.68. The van der Waals surface area contributed by atoms with Crippen molar-refractivity contribution < 1.29 is 14.3 Å². The van der Waals surface area contributed by atoms with Crippen LogP contribution in [0.25, 0.3) is 0 Å². The van der Waals surface area contributed by atoms with Crippen LogP contribution < -0.4 is 10.4 Å². The summed E-state index contributed by atoms with van der Waals surface area (Å²) in [7, 11) is 0. The van der Waals surface area contributed by atoms with E-state index in [1.54, 1.807) is 28.7 Å². The normalized spacial score (nSPS) is 23.7. The first-order chi connectivity index (χ1) is 17.0. The number of fused-ring (bicyclic) bond motifs is 4. The van der Waals surface area contributed by atoms with Crippen LogP contribution in [0.5, 0.6) is 5.75 Å². The van der Waals surface area contributed by atoms with Crippen molar-refractivity contribution in [1.29, 1.82) is 0 Å². The van der Waals surface area contributed by atoms with Crippen LogP contribution in [0.4, 0.5) is 4.39 Å². The van der Waals surface area contributed by atoms with Gasteiger partial charge in [0.1, 0.15) is 12.0 Å². The van der Waals surface area contributed by atoms with Gasteiger partial charge < -0.3 is 10.0 Å². The quantitative estimate of drug-likeness (QED) is 0.550. The number of carbonyl (C=O) groups excluding carboxylic acids is 1. The fraction of sp³-hybridized carbons (Fsp3) is 0.333. The Morgan fingerprint density at radius 1 is 1.03 bits per heavy atom. The van der Waals surface area contributed by atoms with Gasteiger partial charge in [0.15, 0.2) is 11.4 Å². The smallest absolute Gasteiger partial charge is 0.278 e. The van der Waals surface area contributed by atoms with Crippen LogP contribution in [0.15, 0.2) is 64.4 Å². The third-order valence-electron chi connectivity index (χ3n) is 8.15. The zero-order chi connectivity index (χ0) is 23.9. The first kappa shape index (κ1) is 21.1. The van der Waals surface area contributed by atoms with Gasteiger partial charge in [-0.3, -0.25) is 19.3 Å². The fourth-order valence-electron chi connectivity index (χ4n) is 6.11. The molecule has 0 unspecified atom stereocenters. The number of carbonyl (C=O) groups is 1. The summed E-state index contributed by atoms with van der Waals surface area (Å²) in [6.45, 7) is 0.585. The summed E-state index contributed by atoms with van der Waals surface area (Å²) in [5.41, 5.74) is 2.61. The van der Waals surface area contributed by atoms with Gasteiger partial charge in [0.2, 0.25) is 5.43 Å². The van der Waals surface area contributed by atoms with E-state index in [9.17, 15) is 19.1 Å². The van der Waals surface area contributed by atoms with E-state index in [-0.39, 0.29) is 35.0 Å². The lowest BCUT2D eigenvalue weighted by Crippen LogP contribution is -2.65. The maximum absolute atomic E-state index is 14.3. The van der Waals surface area contributed by atoms with Crippen LogP contribution in [0.2, 0.25) is 0 Å². The third kappa shape index (κ3) is 3.08. The molecule has 35 heavy (non-hydrogen) atoms. The first-order valence-electron chi connectivity index (χ1n) is 12.0. The number of rotatable bonds is 1. The van der Waals surface area contributed by atoms with Crippen molar-refractivity contribution in [3.05, 3.63) is 93.2 Å². The molecule has 178 valence electrons. The number of hydrogen-bond donors (Lipinski definition) is 1. The highest BCUT2D eigenvalue weighted by Gasteiger charge is 2.54. The van der Waals surface area contributed by atoms with Gasteiger partial charge in [-0.2, -0.15) is 0 Å². The monoisotopic (exact) mass is 489 g/mol. The summed E-state index contributed by atoms with van der Waals surface area (Å²) in [5.74, 6) is -0.481. The van der Waals surface area contributed by atoms with E-state index in [2.05, 4.69) is 17.1 Å². The lowest BCUT2D eigenvalue weighted by atomic mass is 9.87. The number of amides is 1. The van der Waals surface area contributed by atoms with Gasteiger partial charge >= 0.3 is 0 Å². The molecular formula is C27H24FN3O3S. The van der Waals surface area contributed by atoms with E-state index in [0.717, 1.165) is 47.3 Å². The summed E-state index contributed by atoms with van der Waals surface area (Å²) in [5, 5.41) is 12.9. The highest BCUT2D eigenvalue weighted by atomic mass is 32.2. The second-order valence-corrected chi connectivity index (χ2v) is 11.1. The number of thioether (sulfide) groups is 1. The number of piperidine rings is 1. The summed E-state index contributed by atoms with van der Waals surface area (Å²) in [6, 6.07) is 14.1. The van der Waals surface area contributed by atoms with Crippen LogP contribution in [0.1, 0.15) is 58.9 Å². The standard InChI is InChI=1S/C27H24FN3O3S/c28-17-5-6-18-16(13-17)15-35-21-4-2-1-3-19(21)23(18)31-22-14-27(8-9-27)10-12-29(22)26(34)24-25(33)20(32)7-11-30(24)31/h1-7,11,13,22-23,33H,8-10,12,14-15H2/t22-,23+/m1/s1. The molecule has 4 aliphatic rings. The molecule has 3 aromatic rings. The zero-order valence-corrected chi connectivity index (χ0v) is 19.8. The third-order valence-corrected chi connectivity index (χ3v) is 9.29. The summed E-state index contributed by atoms with van der Waals surface area (Å²) in [4.78, 5) is 28.9. The molecule has 1 aliphatic carbocycles. The van der Waals surface area contributed by atoms with Crippen molar-refractivity contribution in [2.75, 3.05) is 11.6 Å². The van der Waals surface area contributed by atoms with Crippen LogP contribution in [-0.4, -0.2) is 33.3 Å². The highest BCUT2D eigenvalue weighted by Crippen LogP contribution is 2.57. The van der Waals surface area contributed by atoms with Crippen molar-refractivity contribution in [2.45, 2.75) is 48.5 Å². The highest BCUT2D eigenvalue weighted by molar-refractivity contribution is 7.98. The molecule has 1 saturated heterocycles. The largest absolute Gasteiger partial charge is 0.502 e. The fourth-order valence-corrected chi connectivity index (χ4v) is 7.19. The number of benzene rings is 2. The van der Waals surface area contributed by atoms with Crippen molar-refractivity contribution >= 4 is 17.7 Å². The van der Waals surface area contributed by atoms with Crippen molar-refractivity contribution in [1.82, 2.24) is 9.58 Å². The Hall–Kier alpha value is -3.26. The van der Waals surface area contributed by atoms with Gasteiger partial charge in [-0.25, -0.2) is 4.39 Å². The Morgan fingerprint density at radius 3 is 2.69 bits per heavy atom. The second-order valence-electron chi connectivity index (χ2n) is 10.1. The van der Waals surface area contributed by atoms with Gasteiger partial charge in [-0.1, -0.05) is 24.3 Å². The number of nitrogens with zero attached hydrogens (tertiary/aromatic N) is 3. The van der Waals surface area contributed by atoms with Gasteiger partial charge in [0.05, 0.1) is 6.04 Å². The molecule has 3 aliphatic heterocycles. The summed E-state index contributed by atoms with van der Waals surface area (Å²) in [6.07, 6.45) is 5.42. The molecule has 0 radical (unpaired) electrons. The van der Waals surface area contributed by atoms with E-state index < -0.39 is 11.2 Å². The maximum Gasteiger partial charge on any atom is 0.278 e. The molecular weight excluding hydrogens is 465 g/mol. The predicted octanol–water partition coefficient (Wildman–Crippen LogP) is 4.38. The molecule has 1 N–H and O–H groups in total. The molecule has 1 amide bonds. The topological polar surface area (TPSA) is 65.8 Å². The zero-order valence-electron chi connectivity index (χ0n) is 19.0. The number of aromatic nitrogens is 1. The molecule has 7 rings (SSSR count). The molecule has 8 heteroatoms. The minimum Gasteiger partial charge on any atom is -0.502 e. The van der Waals surface area contributed by atoms with E-state index >= 15 is 0 Å². The van der Waals surface area contributed by atoms with Gasteiger partial charge in [-0.05, 0) is 66.0 Å². The number of pyridine rings is 1. The molecule has 6 nitrogen and oxygen atoms in total. The molecule has 1 spiro atoms. The van der Waals surface area contributed by atoms with E-state index in [1.165, 1.54) is 12.1 Å². The van der Waals surface area contributed by atoms with Crippen molar-refractivity contribution in [2.24, 2.45) is 5.41 Å². The van der Waals surface area contributed by atoms with Crippen molar-refractivity contribution in [3.63, 3.8) is 0 Å². The lowest BCUT2D eigenvalue weighted by molar-refractivity contribution is 0.0347. The second kappa shape index (κ2) is 7.37. The SMILES string of the molecule is O=C1c2c(O)c(=O)ccn2N([C@H]2c3ccc(F)cc3CSc3ccccc32)[C@@H]2CC3(CCN12)CC3. The minimum atomic E-state index is -0.571. The van der Waals surface area contributed by atoms with Crippen LogP contribution in [0.3, 0.4) is 0 Å². The predicted molar refractivity (Wildman–Crippen MR) is 131 cm³/mol. The first-order valence-corrected chi connectivity index (χ1v) is 13.0. The Bertz CT molecular complexity index is 1450. The Balaban J connectivity index is 1.52. The Labute approximate surface area is 205 Å². The van der Waals surface area contributed by atoms with Crippen molar-refractivity contribution in [3.8, 4) is 5.75 Å². The Morgan fingerprint density at radius 2 is 1.86 bits per heavy atom. The molecule has 1 aromatic heterocycles. The minimum absolute atomic E-state index is 0.00135. The number of aromatic hydroxyl groups is 1. The van der Waals surface area contributed by atoms with E-state index in [4.69, 9.17) is 0 Å². The Kier molecular flexibility index (Phi) is 4.43. The molecule has 2 fully saturated rings. The molecule has 2 atom stereocenters. The molecule has 2 aromatic carbocycles. The van der Waals surface area contributed by atoms with Gasteiger partial charge in [0.25, 0.3) is 5.91 Å². The average molecular weight is 490 g/mol. The van der Waals surface area contributed by atoms with E-state index in [0.29, 0.717) is 12.3 Å². The lowest BCUT2D eigenvalue weighted by Gasteiger charge is -2.53. The molecule has 1 saturated carbocycles. The maximum atomic E-state index is 14.3. The molecule has 0 bridgehead atoms. The average Bonchev–Trinajstić information content (AvgIpc) is 3.63. The summed E-state index contributed by atoms with van der Waals surface area (Å²) < 4.78 is 16.0. The van der Waals surface area contributed by atoms with Crippen LogP contribution in [-0.2, 0) is 5.75 Å². The van der Waals surface area contributed by atoms with E-state index in [1.807, 2.05) is 23.1 Å². The number of hydrogen-bond acceptors (Lipinski definition) is 5. The van der Waals surface area contributed by atoms with Crippen LogP contribution >= 0.6 is 11.8 Å². The molecule has 4 heterocycles. The number of halogens is 1. The van der Waals surface area contributed by atoms with Crippen LogP contribution in [0, 0.1) is 11.2 Å². The van der Waals surface area contributed by atoms with Gasteiger partial charge in [-0.15, -0.1) is 11.8 Å².